The number of fused-ring (bicyclic) bond motifs is 1. The Morgan fingerprint density at radius 3 is 2.52 bits per heavy atom. The number of carbonyl (C=O) groups is 1. The van der Waals surface area contributed by atoms with Crippen molar-refractivity contribution in [1.29, 1.82) is 0 Å². The quantitative estimate of drug-likeness (QED) is 0.329. The molecule has 0 amide bonds. The van der Waals surface area contributed by atoms with Crippen molar-refractivity contribution in [2.24, 2.45) is 0 Å². The molecule has 0 radical (unpaired) electrons. The van der Waals surface area contributed by atoms with Crippen LogP contribution < -0.4 is 10.4 Å². The zero-order valence-electron chi connectivity index (χ0n) is 18.5. The van der Waals surface area contributed by atoms with Crippen LogP contribution in [0, 0.1) is 6.92 Å². The molecule has 33 heavy (non-hydrogen) atoms. The molecule has 0 bridgehead atoms. The summed E-state index contributed by atoms with van der Waals surface area (Å²) in [5, 5.41) is 1.09. The van der Waals surface area contributed by atoms with E-state index in [4.69, 9.17) is 25.5 Å². The first kappa shape index (κ1) is 24.8. The Morgan fingerprint density at radius 2 is 1.85 bits per heavy atom. The van der Waals surface area contributed by atoms with Crippen molar-refractivity contribution in [1.82, 2.24) is 4.31 Å². The van der Waals surface area contributed by atoms with E-state index < -0.39 is 21.6 Å². The van der Waals surface area contributed by atoms with Gasteiger partial charge in [-0.05, 0) is 55.3 Å². The third-order valence-corrected chi connectivity index (χ3v) is 7.40. The maximum atomic E-state index is 12.6. The van der Waals surface area contributed by atoms with Crippen LogP contribution in [-0.2, 0) is 26.2 Å². The lowest BCUT2D eigenvalue weighted by molar-refractivity contribution is -0.145. The number of halogens is 1. The number of rotatable bonds is 9. The Balaban J connectivity index is 1.57. The van der Waals surface area contributed by atoms with Crippen molar-refractivity contribution in [3.05, 3.63) is 69.0 Å². The summed E-state index contributed by atoms with van der Waals surface area (Å²) < 4.78 is 42.0. The van der Waals surface area contributed by atoms with Crippen molar-refractivity contribution in [3.8, 4) is 5.75 Å². The van der Waals surface area contributed by atoms with Gasteiger partial charge in [0.05, 0.1) is 12.0 Å². The highest BCUT2D eigenvalue weighted by Gasteiger charge is 2.21. The van der Waals surface area contributed by atoms with E-state index in [-0.39, 0.29) is 30.9 Å². The predicted molar refractivity (Wildman–Crippen MR) is 124 cm³/mol. The third kappa shape index (κ3) is 5.93. The Hall–Kier alpha value is -2.88. The summed E-state index contributed by atoms with van der Waals surface area (Å²) in [6, 6.07) is 10.7. The lowest BCUT2D eigenvalue weighted by atomic mass is 10.1. The summed E-state index contributed by atoms with van der Waals surface area (Å²) in [5.74, 6) is 0.0468. The van der Waals surface area contributed by atoms with Crippen molar-refractivity contribution in [2.45, 2.75) is 31.3 Å². The van der Waals surface area contributed by atoms with Crippen molar-refractivity contribution < 1.29 is 27.1 Å². The molecule has 0 aliphatic rings. The van der Waals surface area contributed by atoms with E-state index in [1.165, 1.54) is 36.7 Å². The third-order valence-electron chi connectivity index (χ3n) is 5.12. The fraction of sp³-hybridized carbons (Fsp3) is 0.304. The molecule has 0 fully saturated rings. The Labute approximate surface area is 196 Å². The molecular formula is C23H24ClNO7S. The minimum atomic E-state index is -3.69. The van der Waals surface area contributed by atoms with E-state index in [0.717, 1.165) is 5.56 Å². The number of hydrogen-bond donors (Lipinski definition) is 0. The lowest BCUT2D eigenvalue weighted by Gasteiger charge is -2.17. The average molecular weight is 494 g/mol. The molecule has 3 aromatic rings. The smallest absolute Gasteiger partial charge is 0.336 e. The molecule has 0 atom stereocenters. The Morgan fingerprint density at radius 1 is 1.15 bits per heavy atom. The molecule has 0 unspecified atom stereocenters. The zero-order valence-corrected chi connectivity index (χ0v) is 20.0. The maximum Gasteiger partial charge on any atom is 0.336 e. The number of sulfonamides is 1. The highest BCUT2D eigenvalue weighted by Crippen LogP contribution is 2.25. The number of benzene rings is 2. The van der Waals surface area contributed by atoms with Gasteiger partial charge in [0.25, 0.3) is 0 Å². The number of aryl methyl sites for hydroxylation is 1. The van der Waals surface area contributed by atoms with Crippen LogP contribution in [-0.4, -0.2) is 39.4 Å². The normalized spacial score (nSPS) is 11.7. The largest absolute Gasteiger partial charge is 0.497 e. The molecule has 176 valence electrons. The average Bonchev–Trinajstić information content (AvgIpc) is 2.78. The topological polar surface area (TPSA) is 103 Å². The molecule has 0 saturated heterocycles. The predicted octanol–water partition coefficient (Wildman–Crippen LogP) is 3.91. The number of methoxy groups -OCH3 is 1. The van der Waals surface area contributed by atoms with Gasteiger partial charge in [0.2, 0.25) is 10.0 Å². The highest BCUT2D eigenvalue weighted by molar-refractivity contribution is 7.89. The van der Waals surface area contributed by atoms with Gasteiger partial charge in [-0.2, -0.15) is 0 Å². The molecule has 0 N–H and O–H groups in total. The van der Waals surface area contributed by atoms with E-state index in [1.807, 2.05) is 0 Å². The van der Waals surface area contributed by atoms with E-state index >= 15 is 0 Å². The van der Waals surface area contributed by atoms with Gasteiger partial charge in [0, 0.05) is 42.1 Å². The first-order chi connectivity index (χ1) is 15.6. The van der Waals surface area contributed by atoms with Gasteiger partial charge in [-0.3, -0.25) is 4.79 Å². The van der Waals surface area contributed by atoms with E-state index in [0.29, 0.717) is 27.3 Å². The summed E-state index contributed by atoms with van der Waals surface area (Å²) >= 11 is 6.17. The van der Waals surface area contributed by atoms with Gasteiger partial charge in [-0.15, -0.1) is 0 Å². The second-order valence-corrected chi connectivity index (χ2v) is 9.91. The van der Waals surface area contributed by atoms with E-state index in [9.17, 15) is 18.0 Å². The van der Waals surface area contributed by atoms with Gasteiger partial charge in [-0.25, -0.2) is 17.5 Å². The monoisotopic (exact) mass is 493 g/mol. The minimum absolute atomic E-state index is 0.0156. The molecular weight excluding hydrogens is 470 g/mol. The molecule has 1 aromatic heterocycles. The van der Waals surface area contributed by atoms with Gasteiger partial charge in [0.15, 0.2) is 0 Å². The van der Waals surface area contributed by atoms with Crippen LogP contribution in [0.1, 0.15) is 24.0 Å². The van der Waals surface area contributed by atoms with Crippen LogP contribution in [0.2, 0.25) is 5.02 Å². The number of ether oxygens (including phenoxy) is 2. The first-order valence-electron chi connectivity index (χ1n) is 10.1. The molecule has 3 rings (SSSR count). The van der Waals surface area contributed by atoms with Crippen LogP contribution >= 0.6 is 11.6 Å². The van der Waals surface area contributed by atoms with Gasteiger partial charge < -0.3 is 13.9 Å². The summed E-state index contributed by atoms with van der Waals surface area (Å²) in [7, 11) is -0.735. The second-order valence-electron chi connectivity index (χ2n) is 7.45. The maximum absolute atomic E-state index is 12.6. The van der Waals surface area contributed by atoms with Crippen molar-refractivity contribution >= 4 is 38.6 Å². The summed E-state index contributed by atoms with van der Waals surface area (Å²) in [6.45, 7) is 1.80. The van der Waals surface area contributed by atoms with Crippen LogP contribution in [0.25, 0.3) is 11.0 Å². The minimum Gasteiger partial charge on any atom is -0.497 e. The van der Waals surface area contributed by atoms with Crippen molar-refractivity contribution in [3.63, 3.8) is 0 Å². The molecule has 0 aliphatic carbocycles. The molecule has 10 heteroatoms. The number of hydrogen-bond acceptors (Lipinski definition) is 7. The van der Waals surface area contributed by atoms with E-state index in [2.05, 4.69) is 0 Å². The first-order valence-corrected chi connectivity index (χ1v) is 11.9. The van der Waals surface area contributed by atoms with Crippen molar-refractivity contribution in [2.75, 3.05) is 20.7 Å². The fourth-order valence-corrected chi connectivity index (χ4v) is 4.56. The van der Waals surface area contributed by atoms with Gasteiger partial charge in [0.1, 0.15) is 17.9 Å². The molecule has 8 nitrogen and oxygen atoms in total. The number of nitrogens with zero attached hydrogens (tertiary/aromatic N) is 1. The molecule has 0 aliphatic heterocycles. The van der Waals surface area contributed by atoms with Crippen LogP contribution in [0.4, 0.5) is 0 Å². The van der Waals surface area contributed by atoms with Gasteiger partial charge >= 0.3 is 11.6 Å². The van der Waals surface area contributed by atoms with Crippen LogP contribution in [0.3, 0.4) is 0 Å². The molecule has 1 heterocycles. The summed E-state index contributed by atoms with van der Waals surface area (Å²) in [5.41, 5.74) is 1.05. The fourth-order valence-electron chi connectivity index (χ4n) is 3.19. The SMILES string of the molecule is COc1ccc(S(=O)(=O)N(C)CCCC(=O)OCc2cc(=O)oc3cc(C)c(Cl)cc23)cc1. The summed E-state index contributed by atoms with van der Waals surface area (Å²) in [4.78, 5) is 24.2. The van der Waals surface area contributed by atoms with Crippen LogP contribution in [0.5, 0.6) is 5.75 Å². The Kier molecular flexibility index (Phi) is 7.78. The van der Waals surface area contributed by atoms with E-state index in [1.54, 1.807) is 31.2 Å². The lowest BCUT2D eigenvalue weighted by Crippen LogP contribution is -2.28. The zero-order chi connectivity index (χ0) is 24.2. The number of carbonyl (C=O) groups excluding carboxylic acids is 1. The molecule has 2 aromatic carbocycles. The molecule has 0 saturated carbocycles. The Bertz CT molecular complexity index is 1320. The second kappa shape index (κ2) is 10.4. The standard InChI is InChI=1S/C23H24ClNO7S/c1-15-11-21-19(13-20(15)24)16(12-23(27)32-21)14-31-22(26)5-4-10-25(2)33(28,29)18-8-6-17(30-3)7-9-18/h6-9,11-13H,4-5,10,14H2,1-3H3. The van der Waals surface area contributed by atoms with Gasteiger partial charge in [-0.1, -0.05) is 11.6 Å². The van der Waals surface area contributed by atoms with Crippen LogP contribution in [0.15, 0.2) is 56.6 Å². The number of esters is 1. The highest BCUT2D eigenvalue weighted by atomic mass is 35.5. The molecule has 0 spiro atoms. The summed E-state index contributed by atoms with van der Waals surface area (Å²) in [6.07, 6.45) is 0.287.